The number of carbonyl (C=O) groups excluding carboxylic acids is 2. The van der Waals surface area contributed by atoms with Gasteiger partial charge in [0.1, 0.15) is 6.04 Å². The number of unbranched alkanes of at least 4 members (excludes halogenated alkanes) is 1. The van der Waals surface area contributed by atoms with Gasteiger partial charge in [-0.1, -0.05) is 80.4 Å². The SMILES string of the molecule is CCCCNC(=O)[C@@H](CC)N(Cc1ccccc1Cl)C(=O)Cc1ccccc1. The standard InChI is InChI=1S/C23H29ClN2O2/c1-3-5-15-25-23(28)21(4-2)26(17-19-13-9-10-14-20(19)24)22(27)16-18-11-7-6-8-12-18/h6-14,21H,3-5,15-17H2,1-2H3,(H,25,28)/t21-/m1/s1. The van der Waals surface area contributed by atoms with Gasteiger partial charge in [0.15, 0.2) is 0 Å². The molecule has 2 amide bonds. The predicted molar refractivity (Wildman–Crippen MR) is 114 cm³/mol. The number of carbonyl (C=O) groups is 2. The van der Waals surface area contributed by atoms with Gasteiger partial charge in [0.2, 0.25) is 11.8 Å². The van der Waals surface area contributed by atoms with Crippen molar-refractivity contribution in [3.8, 4) is 0 Å². The van der Waals surface area contributed by atoms with Crippen molar-refractivity contribution in [3.05, 3.63) is 70.7 Å². The lowest BCUT2D eigenvalue weighted by atomic mass is 10.1. The number of halogens is 1. The molecule has 2 rings (SSSR count). The van der Waals surface area contributed by atoms with E-state index in [2.05, 4.69) is 12.2 Å². The maximum Gasteiger partial charge on any atom is 0.242 e. The molecular weight excluding hydrogens is 372 g/mol. The summed E-state index contributed by atoms with van der Waals surface area (Å²) < 4.78 is 0. The zero-order chi connectivity index (χ0) is 20.4. The van der Waals surface area contributed by atoms with E-state index in [9.17, 15) is 9.59 Å². The van der Waals surface area contributed by atoms with E-state index in [1.165, 1.54) is 0 Å². The van der Waals surface area contributed by atoms with Crippen molar-refractivity contribution in [1.82, 2.24) is 10.2 Å². The van der Waals surface area contributed by atoms with E-state index >= 15 is 0 Å². The first-order chi connectivity index (χ1) is 13.6. The smallest absolute Gasteiger partial charge is 0.242 e. The Bertz CT molecular complexity index is 764. The van der Waals surface area contributed by atoms with Crippen LogP contribution in [0.15, 0.2) is 54.6 Å². The van der Waals surface area contributed by atoms with Crippen LogP contribution in [0.3, 0.4) is 0 Å². The predicted octanol–water partition coefficient (Wildman–Crippen LogP) is 4.61. The Morgan fingerprint density at radius 3 is 2.36 bits per heavy atom. The molecule has 0 aliphatic rings. The zero-order valence-electron chi connectivity index (χ0n) is 16.7. The quantitative estimate of drug-likeness (QED) is 0.592. The molecule has 150 valence electrons. The van der Waals surface area contributed by atoms with Crippen LogP contribution in [0.1, 0.15) is 44.2 Å². The van der Waals surface area contributed by atoms with Crippen LogP contribution < -0.4 is 5.32 Å². The van der Waals surface area contributed by atoms with Gasteiger partial charge in [-0.25, -0.2) is 0 Å². The maximum atomic E-state index is 13.2. The third kappa shape index (κ3) is 6.38. The van der Waals surface area contributed by atoms with E-state index in [0.717, 1.165) is 24.0 Å². The topological polar surface area (TPSA) is 49.4 Å². The Hall–Kier alpha value is -2.33. The van der Waals surface area contributed by atoms with Crippen molar-refractivity contribution in [2.75, 3.05) is 6.54 Å². The minimum Gasteiger partial charge on any atom is -0.354 e. The molecule has 5 heteroatoms. The lowest BCUT2D eigenvalue weighted by molar-refractivity contribution is -0.140. The van der Waals surface area contributed by atoms with E-state index in [1.54, 1.807) is 11.0 Å². The molecule has 0 heterocycles. The summed E-state index contributed by atoms with van der Waals surface area (Å²) in [6.07, 6.45) is 2.73. The summed E-state index contributed by atoms with van der Waals surface area (Å²) in [6.45, 7) is 4.94. The van der Waals surface area contributed by atoms with Crippen LogP contribution in [0, 0.1) is 0 Å². The molecule has 0 unspecified atom stereocenters. The fraction of sp³-hybridized carbons (Fsp3) is 0.391. The Kier molecular flexibility index (Phi) is 9.02. The van der Waals surface area contributed by atoms with E-state index in [1.807, 2.05) is 55.5 Å². The molecule has 2 aromatic carbocycles. The molecule has 4 nitrogen and oxygen atoms in total. The second kappa shape index (κ2) is 11.5. The Morgan fingerprint density at radius 2 is 1.71 bits per heavy atom. The summed E-state index contributed by atoms with van der Waals surface area (Å²) in [6, 6.07) is 16.5. The fourth-order valence-electron chi connectivity index (χ4n) is 3.11. The highest BCUT2D eigenvalue weighted by Gasteiger charge is 2.28. The number of rotatable bonds is 10. The van der Waals surface area contributed by atoms with Gasteiger partial charge in [-0.2, -0.15) is 0 Å². The van der Waals surface area contributed by atoms with Gasteiger partial charge in [-0.05, 0) is 30.0 Å². The van der Waals surface area contributed by atoms with Crippen LogP contribution in [0.4, 0.5) is 0 Å². The van der Waals surface area contributed by atoms with Gasteiger partial charge in [0.25, 0.3) is 0 Å². The lowest BCUT2D eigenvalue weighted by Crippen LogP contribution is -2.49. The van der Waals surface area contributed by atoms with Gasteiger partial charge in [-0.3, -0.25) is 9.59 Å². The monoisotopic (exact) mass is 400 g/mol. The minimum atomic E-state index is -0.524. The van der Waals surface area contributed by atoms with Gasteiger partial charge in [-0.15, -0.1) is 0 Å². The molecule has 0 bridgehead atoms. The second-order valence-electron chi connectivity index (χ2n) is 6.84. The average molecular weight is 401 g/mol. The number of amides is 2. The van der Waals surface area contributed by atoms with Crippen molar-refractivity contribution >= 4 is 23.4 Å². The maximum absolute atomic E-state index is 13.2. The molecule has 0 aliphatic carbocycles. The summed E-state index contributed by atoms with van der Waals surface area (Å²) in [7, 11) is 0. The number of nitrogens with zero attached hydrogens (tertiary/aromatic N) is 1. The highest BCUT2D eigenvalue weighted by atomic mass is 35.5. The fourth-order valence-corrected chi connectivity index (χ4v) is 3.30. The molecule has 0 saturated heterocycles. The summed E-state index contributed by atoms with van der Waals surface area (Å²) in [5.74, 6) is -0.187. The number of nitrogens with one attached hydrogen (secondary N) is 1. The summed E-state index contributed by atoms with van der Waals surface area (Å²) in [5.41, 5.74) is 1.77. The first-order valence-electron chi connectivity index (χ1n) is 9.91. The van der Waals surface area contributed by atoms with Gasteiger partial charge in [0.05, 0.1) is 6.42 Å². The van der Waals surface area contributed by atoms with Crippen LogP contribution >= 0.6 is 11.6 Å². The van der Waals surface area contributed by atoms with Gasteiger partial charge >= 0.3 is 0 Å². The van der Waals surface area contributed by atoms with Crippen LogP contribution in [0.5, 0.6) is 0 Å². The third-order valence-electron chi connectivity index (χ3n) is 4.71. The molecule has 0 aliphatic heterocycles. The second-order valence-corrected chi connectivity index (χ2v) is 7.25. The normalized spacial score (nSPS) is 11.7. The molecule has 1 N–H and O–H groups in total. The Labute approximate surface area is 172 Å². The summed E-state index contributed by atoms with van der Waals surface area (Å²) >= 11 is 6.32. The van der Waals surface area contributed by atoms with Crippen molar-refractivity contribution < 1.29 is 9.59 Å². The molecule has 2 aromatic rings. The van der Waals surface area contributed by atoms with Crippen LogP contribution in [-0.4, -0.2) is 29.3 Å². The Balaban J connectivity index is 2.24. The third-order valence-corrected chi connectivity index (χ3v) is 5.08. The van der Waals surface area contributed by atoms with Crippen LogP contribution in [0.25, 0.3) is 0 Å². The average Bonchev–Trinajstić information content (AvgIpc) is 2.70. The highest BCUT2D eigenvalue weighted by molar-refractivity contribution is 6.31. The van der Waals surface area contributed by atoms with Crippen LogP contribution in [-0.2, 0) is 22.6 Å². The molecule has 0 fully saturated rings. The number of hydrogen-bond acceptors (Lipinski definition) is 2. The van der Waals surface area contributed by atoms with Crippen molar-refractivity contribution in [3.63, 3.8) is 0 Å². The van der Waals surface area contributed by atoms with Gasteiger partial charge < -0.3 is 10.2 Å². The first-order valence-corrected chi connectivity index (χ1v) is 10.3. The largest absolute Gasteiger partial charge is 0.354 e. The van der Waals surface area contributed by atoms with E-state index in [-0.39, 0.29) is 18.2 Å². The number of benzene rings is 2. The molecule has 0 spiro atoms. The summed E-state index contributed by atoms with van der Waals surface area (Å²) in [5, 5.41) is 3.57. The van der Waals surface area contributed by atoms with E-state index in [4.69, 9.17) is 11.6 Å². The Morgan fingerprint density at radius 1 is 1.04 bits per heavy atom. The zero-order valence-corrected chi connectivity index (χ0v) is 17.4. The van der Waals surface area contributed by atoms with Crippen molar-refractivity contribution in [2.24, 2.45) is 0 Å². The minimum absolute atomic E-state index is 0.0800. The number of hydrogen-bond donors (Lipinski definition) is 1. The van der Waals surface area contributed by atoms with Gasteiger partial charge in [0, 0.05) is 18.1 Å². The summed E-state index contributed by atoms with van der Waals surface area (Å²) in [4.78, 5) is 27.6. The van der Waals surface area contributed by atoms with E-state index in [0.29, 0.717) is 24.5 Å². The molecule has 0 radical (unpaired) electrons. The molecule has 0 saturated carbocycles. The molecule has 28 heavy (non-hydrogen) atoms. The van der Waals surface area contributed by atoms with Crippen LogP contribution in [0.2, 0.25) is 5.02 Å². The van der Waals surface area contributed by atoms with Crippen molar-refractivity contribution in [2.45, 2.75) is 52.1 Å². The lowest BCUT2D eigenvalue weighted by Gasteiger charge is -2.31. The molecular formula is C23H29ClN2O2. The molecule has 1 atom stereocenters. The molecule has 0 aromatic heterocycles. The highest BCUT2D eigenvalue weighted by Crippen LogP contribution is 2.20. The first kappa shape index (κ1) is 22.0. The van der Waals surface area contributed by atoms with Crippen molar-refractivity contribution in [1.29, 1.82) is 0 Å². The van der Waals surface area contributed by atoms with E-state index < -0.39 is 6.04 Å².